The molecule has 0 radical (unpaired) electrons. The standard InChI is InChI=1S/C22H17ClFN2O3S/c1-12-18-20(28)26(17-8-6-15(23)7-9-17)22(29)25(21(18)30-19(12)13(2)27)11-14-4-3-5-16(24)10-14/h3-10,18H,11H2,1-2H3/q+1. The van der Waals surface area contributed by atoms with E-state index < -0.39 is 23.7 Å². The number of carbonyl (C=O) groups excluding carboxylic acids is 3. The molecule has 0 spiro atoms. The minimum absolute atomic E-state index is 0.0747. The molecule has 0 N–H and O–H groups in total. The van der Waals surface area contributed by atoms with Gasteiger partial charge in [-0.3, -0.25) is 4.79 Å². The van der Waals surface area contributed by atoms with E-state index in [0.717, 1.165) is 16.7 Å². The predicted molar refractivity (Wildman–Crippen MR) is 114 cm³/mol. The molecule has 2 heterocycles. The van der Waals surface area contributed by atoms with Gasteiger partial charge < -0.3 is 0 Å². The fourth-order valence-corrected chi connectivity index (χ4v) is 5.05. The van der Waals surface area contributed by atoms with Crippen LogP contribution in [-0.2, 0) is 16.1 Å². The summed E-state index contributed by atoms with van der Waals surface area (Å²) in [6, 6.07) is 11.8. The zero-order chi connectivity index (χ0) is 21.6. The lowest BCUT2D eigenvalue weighted by Crippen LogP contribution is -2.53. The van der Waals surface area contributed by atoms with Crippen molar-refractivity contribution in [3.63, 3.8) is 0 Å². The number of Topliss-reactive ketones (excluding diaryl/α,β-unsaturated/α-hetero) is 1. The smallest absolute Gasteiger partial charge is 0.294 e. The first-order valence-electron chi connectivity index (χ1n) is 9.20. The average molecular weight is 444 g/mol. The first-order chi connectivity index (χ1) is 14.3. The number of thioether (sulfide) groups is 1. The van der Waals surface area contributed by atoms with E-state index in [9.17, 15) is 18.8 Å². The highest BCUT2D eigenvalue weighted by Crippen LogP contribution is 2.42. The molecule has 152 valence electrons. The van der Waals surface area contributed by atoms with Crippen LogP contribution in [-0.4, -0.2) is 27.3 Å². The van der Waals surface area contributed by atoms with E-state index >= 15 is 0 Å². The number of rotatable bonds is 4. The second-order valence-electron chi connectivity index (χ2n) is 7.09. The summed E-state index contributed by atoms with van der Waals surface area (Å²) in [7, 11) is 0. The lowest BCUT2D eigenvalue weighted by atomic mass is 9.97. The Bertz CT molecular complexity index is 1160. The Labute approximate surface area is 181 Å². The minimum Gasteiger partial charge on any atom is -0.294 e. The van der Waals surface area contributed by atoms with E-state index in [4.69, 9.17) is 11.6 Å². The number of hydrogen-bond donors (Lipinski definition) is 0. The van der Waals surface area contributed by atoms with Crippen molar-refractivity contribution in [3.05, 3.63) is 75.4 Å². The Morgan fingerprint density at radius 3 is 2.53 bits per heavy atom. The molecule has 4 rings (SSSR count). The summed E-state index contributed by atoms with van der Waals surface area (Å²) in [5, 5.41) is 0.952. The fourth-order valence-electron chi connectivity index (χ4n) is 3.64. The number of allylic oxidation sites excluding steroid dienone is 1. The molecule has 1 atom stereocenters. The summed E-state index contributed by atoms with van der Waals surface area (Å²) >= 11 is 7.09. The molecule has 1 unspecified atom stereocenters. The molecule has 0 aliphatic carbocycles. The maximum Gasteiger partial charge on any atom is 0.506 e. The number of carbonyl (C=O) groups is 3. The SMILES string of the molecule is CC(=O)C1=C(C)C2C(=O)N(c3ccc(Cl)cc3)C(=O)[N+](Cc3cccc(F)c3)=C2S1. The summed E-state index contributed by atoms with van der Waals surface area (Å²) in [6.45, 7) is 3.24. The average Bonchev–Trinajstić information content (AvgIpc) is 3.04. The fraction of sp³-hybridized carbons (Fsp3) is 0.182. The third-order valence-electron chi connectivity index (χ3n) is 5.03. The zero-order valence-corrected chi connectivity index (χ0v) is 17.8. The van der Waals surface area contributed by atoms with E-state index in [2.05, 4.69) is 0 Å². The second kappa shape index (κ2) is 7.81. The van der Waals surface area contributed by atoms with E-state index in [-0.39, 0.29) is 12.3 Å². The number of hydrogen-bond acceptors (Lipinski definition) is 4. The van der Waals surface area contributed by atoms with Gasteiger partial charge in [0.05, 0.1) is 4.91 Å². The van der Waals surface area contributed by atoms with Crippen LogP contribution in [0.2, 0.25) is 5.02 Å². The number of imide groups is 1. The Morgan fingerprint density at radius 1 is 1.20 bits per heavy atom. The molecular formula is C22H17ClFN2O3S+. The third kappa shape index (κ3) is 3.48. The number of amides is 3. The summed E-state index contributed by atoms with van der Waals surface area (Å²) in [5.41, 5.74) is 1.57. The van der Waals surface area contributed by atoms with E-state index in [0.29, 0.717) is 31.8 Å². The van der Waals surface area contributed by atoms with Gasteiger partial charge in [-0.25, -0.2) is 9.18 Å². The molecule has 0 saturated carbocycles. The monoisotopic (exact) mass is 443 g/mol. The van der Waals surface area contributed by atoms with Crippen molar-refractivity contribution in [1.82, 2.24) is 0 Å². The third-order valence-corrected chi connectivity index (χ3v) is 6.77. The van der Waals surface area contributed by atoms with Crippen molar-refractivity contribution in [2.45, 2.75) is 20.4 Å². The topological polar surface area (TPSA) is 57.5 Å². The number of nitrogens with zero attached hydrogens (tertiary/aromatic N) is 2. The van der Waals surface area contributed by atoms with Gasteiger partial charge >= 0.3 is 11.9 Å². The molecule has 5 nitrogen and oxygen atoms in total. The van der Waals surface area contributed by atoms with Crippen LogP contribution in [0, 0.1) is 11.7 Å². The molecule has 2 aliphatic rings. The summed E-state index contributed by atoms with van der Waals surface area (Å²) in [5.74, 6) is -1.74. The molecule has 8 heteroatoms. The van der Waals surface area contributed by atoms with Gasteiger partial charge in [-0.05, 0) is 73.1 Å². The number of fused-ring (bicyclic) bond motifs is 1. The summed E-state index contributed by atoms with van der Waals surface area (Å²) < 4.78 is 15.2. The van der Waals surface area contributed by atoms with Crippen LogP contribution >= 0.6 is 23.4 Å². The molecular weight excluding hydrogens is 427 g/mol. The molecule has 3 amide bonds. The Kier molecular flexibility index (Phi) is 5.34. The van der Waals surface area contributed by atoms with Crippen molar-refractivity contribution in [1.29, 1.82) is 0 Å². The normalized spacial score (nSPS) is 18.9. The van der Waals surface area contributed by atoms with Gasteiger partial charge in [0, 0.05) is 5.02 Å². The highest BCUT2D eigenvalue weighted by Gasteiger charge is 2.53. The molecule has 2 aliphatic heterocycles. The first kappa shape index (κ1) is 20.5. The first-order valence-corrected chi connectivity index (χ1v) is 10.4. The Hall–Kier alpha value is -2.77. The van der Waals surface area contributed by atoms with Gasteiger partial charge in [-0.1, -0.05) is 23.7 Å². The predicted octanol–water partition coefficient (Wildman–Crippen LogP) is 4.78. The van der Waals surface area contributed by atoms with Gasteiger partial charge in [-0.2, -0.15) is 9.37 Å². The Morgan fingerprint density at radius 2 is 1.90 bits per heavy atom. The van der Waals surface area contributed by atoms with E-state index in [1.165, 1.54) is 23.6 Å². The maximum atomic E-state index is 13.7. The van der Waals surface area contributed by atoms with Crippen LogP contribution in [0.15, 0.2) is 59.0 Å². The lowest BCUT2D eigenvalue weighted by Gasteiger charge is -2.25. The zero-order valence-electron chi connectivity index (χ0n) is 16.2. The molecule has 0 saturated heterocycles. The van der Waals surface area contributed by atoms with Crippen molar-refractivity contribution < 1.29 is 23.3 Å². The minimum atomic E-state index is -0.740. The van der Waals surface area contributed by atoms with Gasteiger partial charge in [-0.15, -0.1) is 4.90 Å². The number of urea groups is 1. The van der Waals surface area contributed by atoms with Gasteiger partial charge in [0.2, 0.25) is 0 Å². The van der Waals surface area contributed by atoms with Crippen molar-refractivity contribution in [2.75, 3.05) is 4.90 Å². The second-order valence-corrected chi connectivity index (χ2v) is 8.56. The van der Waals surface area contributed by atoms with Crippen LogP contribution in [0.3, 0.4) is 0 Å². The molecule has 0 bridgehead atoms. The lowest BCUT2D eigenvalue weighted by molar-refractivity contribution is -0.443. The van der Waals surface area contributed by atoms with E-state index in [1.807, 2.05) is 0 Å². The number of benzene rings is 2. The highest BCUT2D eigenvalue weighted by molar-refractivity contribution is 8.18. The van der Waals surface area contributed by atoms with Gasteiger partial charge in [0.15, 0.2) is 16.7 Å². The maximum absolute atomic E-state index is 13.7. The van der Waals surface area contributed by atoms with Gasteiger partial charge in [0.25, 0.3) is 0 Å². The quantitative estimate of drug-likeness (QED) is 0.638. The summed E-state index contributed by atoms with van der Waals surface area (Å²) in [4.78, 5) is 40.4. The largest absolute Gasteiger partial charge is 0.506 e. The van der Waals surface area contributed by atoms with Crippen LogP contribution in [0.5, 0.6) is 0 Å². The number of ketones is 1. The van der Waals surface area contributed by atoms with Gasteiger partial charge in [0.1, 0.15) is 18.0 Å². The molecule has 30 heavy (non-hydrogen) atoms. The molecule has 0 aromatic heterocycles. The Balaban J connectivity index is 1.85. The number of anilines is 1. The van der Waals surface area contributed by atoms with Crippen LogP contribution in [0.4, 0.5) is 14.9 Å². The molecule has 2 aromatic rings. The van der Waals surface area contributed by atoms with Crippen molar-refractivity contribution >= 4 is 51.8 Å². The summed E-state index contributed by atoms with van der Waals surface area (Å²) in [6.07, 6.45) is 0. The van der Waals surface area contributed by atoms with Crippen LogP contribution in [0.1, 0.15) is 19.4 Å². The van der Waals surface area contributed by atoms with E-state index in [1.54, 1.807) is 43.3 Å². The van der Waals surface area contributed by atoms with Crippen LogP contribution < -0.4 is 4.90 Å². The molecule has 0 fully saturated rings. The molecule has 2 aromatic carbocycles. The van der Waals surface area contributed by atoms with Crippen molar-refractivity contribution in [3.8, 4) is 0 Å². The van der Waals surface area contributed by atoms with Crippen molar-refractivity contribution in [2.24, 2.45) is 5.92 Å². The highest BCUT2D eigenvalue weighted by atomic mass is 35.5. The number of halogens is 2. The van der Waals surface area contributed by atoms with Crippen LogP contribution in [0.25, 0.3) is 0 Å².